The lowest BCUT2D eigenvalue weighted by Crippen LogP contribution is -2.60. The molecule has 86 heavy (non-hydrogen) atoms. The molecule has 1 fully saturated rings. The third-order valence-electron chi connectivity index (χ3n) is 15.6. The molecule has 0 saturated carbocycles. The maximum Gasteiger partial charge on any atom is 0.410 e. The van der Waals surface area contributed by atoms with E-state index in [9.17, 15) is 57.8 Å². The standard InChI is InChI=1S/C61H94N10O15/c1-13-38(8)53(46(85-12)33-48(73)71-30-18-21-43(71)31-39(9)54(76)66-45(59(81)82)32-40-19-15-14-16-20-40)69(10)58(80)51(36(4)5)68-57(79)52(37(6)7)70(11)61(84)86-34-41-23-25-42(26-24-41)64-55(77)44(22-17-29-63-60(62)83)65-56(78)50(35(2)3)67-47(72)27-28-49(74)75/h14-16,19-20,23-26,35-39,43-46,50-53H,13,17-18,21-22,27-34H2,1-12H3,(H,64,77)(H,65,78)(H,66,76)(H,67,72)(H,68,79)(H,74,75)(H,81,82)(H3,62,63,83)/t38-,39+,43-,44-,45-,46+,50-,51-,52-,53-/m0/s1. The molecule has 10 atom stereocenters. The van der Waals surface area contributed by atoms with Gasteiger partial charge in [0.15, 0.2) is 0 Å². The second-order valence-electron chi connectivity index (χ2n) is 23.4. The summed E-state index contributed by atoms with van der Waals surface area (Å²) in [6, 6.07) is 8.11. The highest BCUT2D eigenvalue weighted by Crippen LogP contribution is 2.29. The molecule has 10 N–H and O–H groups in total. The molecule has 1 saturated heterocycles. The monoisotopic (exact) mass is 1210 g/mol. The van der Waals surface area contributed by atoms with Crippen LogP contribution in [0.3, 0.4) is 0 Å². The lowest BCUT2D eigenvalue weighted by molar-refractivity contribution is -0.146. The van der Waals surface area contributed by atoms with Gasteiger partial charge in [-0.05, 0) is 79.0 Å². The van der Waals surface area contributed by atoms with Crippen LogP contribution in [0, 0.1) is 29.6 Å². The van der Waals surface area contributed by atoms with Crippen molar-refractivity contribution in [1.82, 2.24) is 41.3 Å². The minimum absolute atomic E-state index is 0.0556. The summed E-state index contributed by atoms with van der Waals surface area (Å²) < 4.78 is 11.7. The van der Waals surface area contributed by atoms with E-state index < -0.39 is 132 Å². The van der Waals surface area contributed by atoms with E-state index in [1.165, 1.54) is 19.1 Å². The minimum Gasteiger partial charge on any atom is -0.481 e. The first kappa shape index (κ1) is 72.4. The van der Waals surface area contributed by atoms with Crippen molar-refractivity contribution in [2.24, 2.45) is 35.3 Å². The molecule has 25 nitrogen and oxygen atoms in total. The first-order valence-electron chi connectivity index (χ1n) is 29.6. The Morgan fingerprint density at radius 2 is 1.35 bits per heavy atom. The van der Waals surface area contributed by atoms with Gasteiger partial charge in [-0.15, -0.1) is 0 Å². The summed E-state index contributed by atoms with van der Waals surface area (Å²) in [4.78, 5) is 149. The van der Waals surface area contributed by atoms with E-state index in [2.05, 4.69) is 31.9 Å². The number of likely N-dealkylation sites (tertiary alicyclic amines) is 1. The van der Waals surface area contributed by atoms with Crippen molar-refractivity contribution in [3.05, 3.63) is 65.7 Å². The average molecular weight is 1210 g/mol. The molecule has 0 spiro atoms. The predicted molar refractivity (Wildman–Crippen MR) is 320 cm³/mol. The van der Waals surface area contributed by atoms with E-state index in [0.717, 1.165) is 10.5 Å². The zero-order valence-electron chi connectivity index (χ0n) is 52.0. The summed E-state index contributed by atoms with van der Waals surface area (Å²) in [5.41, 5.74) is 6.78. The number of carboxylic acid groups (broad SMARTS) is 2. The number of rotatable bonds is 35. The summed E-state index contributed by atoms with van der Waals surface area (Å²) in [5, 5.41) is 34.8. The van der Waals surface area contributed by atoms with Gasteiger partial charge in [0.25, 0.3) is 0 Å². The molecular formula is C61H94N10O15. The molecule has 2 aromatic carbocycles. The number of carboxylic acids is 2. The molecule has 25 heteroatoms. The van der Waals surface area contributed by atoms with Crippen molar-refractivity contribution in [3.8, 4) is 0 Å². The van der Waals surface area contributed by atoms with Crippen LogP contribution in [0.1, 0.15) is 131 Å². The molecule has 1 heterocycles. The van der Waals surface area contributed by atoms with E-state index in [-0.39, 0.29) is 63.1 Å². The fourth-order valence-electron chi connectivity index (χ4n) is 10.5. The summed E-state index contributed by atoms with van der Waals surface area (Å²) in [7, 11) is 4.52. The number of urea groups is 1. The van der Waals surface area contributed by atoms with Crippen molar-refractivity contribution in [1.29, 1.82) is 0 Å². The third-order valence-corrected chi connectivity index (χ3v) is 15.6. The Morgan fingerprint density at radius 1 is 0.721 bits per heavy atom. The molecule has 1 aliphatic rings. The maximum absolute atomic E-state index is 14.7. The summed E-state index contributed by atoms with van der Waals surface area (Å²) in [5.74, 6) is -8.04. The first-order valence-corrected chi connectivity index (χ1v) is 29.6. The number of nitrogens with zero attached hydrogens (tertiary/aromatic N) is 3. The SMILES string of the molecule is CC[C@H](C)[C@@H]([C@@H](CC(=O)N1CCC[C@H]1C[C@@H](C)C(=O)N[C@@H](Cc1ccccc1)C(=O)O)OC)N(C)C(=O)[C@@H](NC(=O)[C@H](C(C)C)N(C)C(=O)OCc1ccc(NC(=O)[C@H](CCCNC(N)=O)NC(=O)[C@@H](NC(=O)CCC(=O)O)C(C)C)cc1)C(C)C. The van der Waals surface area contributed by atoms with Gasteiger partial charge >= 0.3 is 24.1 Å². The fraction of sp³-hybridized carbons (Fsp3) is 0.623. The summed E-state index contributed by atoms with van der Waals surface area (Å²) in [6.45, 7) is 16.4. The van der Waals surface area contributed by atoms with Crippen LogP contribution in [-0.4, -0.2) is 173 Å². The highest BCUT2D eigenvalue weighted by atomic mass is 16.6. The Bertz CT molecular complexity index is 2600. The Balaban J connectivity index is 1.69. The number of nitrogens with two attached hydrogens (primary N) is 1. The topological polar surface area (TPSA) is 355 Å². The van der Waals surface area contributed by atoms with E-state index in [4.69, 9.17) is 20.3 Å². The van der Waals surface area contributed by atoms with Gasteiger partial charge in [-0.25, -0.2) is 14.4 Å². The molecule has 2 aromatic rings. The van der Waals surface area contributed by atoms with E-state index in [0.29, 0.717) is 43.5 Å². The van der Waals surface area contributed by atoms with Gasteiger partial charge in [0.1, 0.15) is 36.8 Å². The lowest BCUT2D eigenvalue weighted by atomic mass is 9.89. The molecule has 0 radical (unpaired) electrons. The number of primary amides is 1. The second kappa shape index (κ2) is 35.6. The Morgan fingerprint density at radius 3 is 1.91 bits per heavy atom. The van der Waals surface area contributed by atoms with E-state index >= 15 is 0 Å². The maximum atomic E-state index is 14.7. The van der Waals surface area contributed by atoms with Crippen LogP contribution in [0.4, 0.5) is 15.3 Å². The van der Waals surface area contributed by atoms with Gasteiger partial charge in [-0.2, -0.15) is 0 Å². The number of nitrogens with one attached hydrogen (secondary N) is 6. The highest BCUT2D eigenvalue weighted by molar-refractivity contribution is 5.99. The molecular weight excluding hydrogens is 1110 g/mol. The van der Waals surface area contributed by atoms with Gasteiger partial charge in [-0.3, -0.25) is 43.3 Å². The van der Waals surface area contributed by atoms with Crippen LogP contribution in [0.5, 0.6) is 0 Å². The number of methoxy groups -OCH3 is 1. The molecule has 10 amide bonds. The highest BCUT2D eigenvalue weighted by Gasteiger charge is 2.42. The van der Waals surface area contributed by atoms with Crippen LogP contribution in [0.2, 0.25) is 0 Å². The molecule has 0 unspecified atom stereocenters. The number of anilines is 1. The molecule has 0 bridgehead atoms. The summed E-state index contributed by atoms with van der Waals surface area (Å²) >= 11 is 0. The number of hydrogen-bond donors (Lipinski definition) is 9. The Labute approximate surface area is 505 Å². The molecule has 478 valence electrons. The molecule has 3 rings (SSSR count). The fourth-order valence-corrected chi connectivity index (χ4v) is 10.5. The average Bonchev–Trinajstić information content (AvgIpc) is 2.69. The van der Waals surface area contributed by atoms with Gasteiger partial charge in [-0.1, -0.05) is 111 Å². The van der Waals surface area contributed by atoms with E-state index in [1.807, 2.05) is 19.9 Å². The Kier molecular flexibility index (Phi) is 30.0. The predicted octanol–water partition coefficient (Wildman–Crippen LogP) is 4.41. The van der Waals surface area contributed by atoms with Crippen LogP contribution in [0.25, 0.3) is 0 Å². The van der Waals surface area contributed by atoms with Crippen molar-refractivity contribution in [2.45, 2.75) is 182 Å². The lowest BCUT2D eigenvalue weighted by Gasteiger charge is -2.40. The van der Waals surface area contributed by atoms with Crippen LogP contribution < -0.4 is 37.6 Å². The number of likely N-dealkylation sites (N-methyl/N-ethyl adjacent to an activating group) is 2. The van der Waals surface area contributed by atoms with Gasteiger partial charge in [0.05, 0.1) is 25.0 Å². The number of hydrogen-bond acceptors (Lipinski definition) is 13. The van der Waals surface area contributed by atoms with Crippen molar-refractivity contribution in [3.63, 3.8) is 0 Å². The van der Waals surface area contributed by atoms with Crippen molar-refractivity contribution in [2.75, 3.05) is 39.6 Å². The normalized spacial score (nSPS) is 16.2. The molecule has 0 aromatic heterocycles. The quantitative estimate of drug-likeness (QED) is 0.0432. The minimum atomic E-state index is -1.18. The van der Waals surface area contributed by atoms with Crippen molar-refractivity contribution < 1.29 is 72.4 Å². The molecule has 0 aliphatic carbocycles. The number of aliphatic carboxylic acids is 2. The Hall–Kier alpha value is -7.83. The first-order chi connectivity index (χ1) is 40.5. The number of ether oxygens (including phenoxy) is 2. The van der Waals surface area contributed by atoms with Gasteiger partial charge in [0, 0.05) is 64.8 Å². The number of benzene rings is 2. The second-order valence-corrected chi connectivity index (χ2v) is 23.4. The van der Waals surface area contributed by atoms with E-state index in [1.54, 1.807) is 109 Å². The van der Waals surface area contributed by atoms with Gasteiger partial charge < -0.3 is 67.1 Å². The van der Waals surface area contributed by atoms with Crippen molar-refractivity contribution >= 4 is 71.1 Å². The number of carbonyl (C=O) groups excluding carboxylic acids is 9. The van der Waals surface area contributed by atoms with Gasteiger partial charge in [0.2, 0.25) is 41.4 Å². The van der Waals surface area contributed by atoms with Crippen LogP contribution in [0.15, 0.2) is 54.6 Å². The largest absolute Gasteiger partial charge is 0.481 e. The summed E-state index contributed by atoms with van der Waals surface area (Å²) in [6.07, 6.45) is 0.239. The third kappa shape index (κ3) is 22.9. The molecule has 1 aliphatic heterocycles. The smallest absolute Gasteiger partial charge is 0.410 e. The number of amides is 10. The van der Waals surface area contributed by atoms with Crippen LogP contribution in [-0.2, 0) is 65.7 Å². The van der Waals surface area contributed by atoms with Crippen LogP contribution >= 0.6 is 0 Å². The zero-order valence-corrected chi connectivity index (χ0v) is 52.0. The number of carbonyl (C=O) groups is 11. The zero-order chi connectivity index (χ0) is 64.5.